The van der Waals surface area contributed by atoms with Crippen LogP contribution in [0.25, 0.3) is 5.65 Å². The predicted molar refractivity (Wildman–Crippen MR) is 67.2 cm³/mol. The van der Waals surface area contributed by atoms with Crippen molar-refractivity contribution in [1.29, 1.82) is 0 Å². The Morgan fingerprint density at radius 2 is 2.35 bits per heavy atom. The molecule has 1 N–H and O–H groups in total. The summed E-state index contributed by atoms with van der Waals surface area (Å²) >= 11 is 1.59. The molecule has 3 rings (SSSR count). The van der Waals surface area contributed by atoms with Crippen molar-refractivity contribution in [2.75, 3.05) is 5.32 Å². The molecule has 0 aliphatic carbocycles. The molecule has 5 nitrogen and oxygen atoms in total. The number of fused-ring (bicyclic) bond motifs is 1. The number of anilines is 1. The van der Waals surface area contributed by atoms with Gasteiger partial charge in [-0.15, -0.1) is 16.4 Å². The van der Waals surface area contributed by atoms with Gasteiger partial charge in [-0.3, -0.25) is 0 Å². The van der Waals surface area contributed by atoms with Crippen LogP contribution in [0.15, 0.2) is 29.1 Å². The van der Waals surface area contributed by atoms with Crippen molar-refractivity contribution in [2.45, 2.75) is 13.5 Å². The summed E-state index contributed by atoms with van der Waals surface area (Å²) in [5.74, 6) is 0.632. The molecule has 0 amide bonds. The Labute approximate surface area is 102 Å². The Morgan fingerprint density at radius 3 is 3.12 bits per heavy atom. The molecule has 0 bridgehead atoms. The van der Waals surface area contributed by atoms with Gasteiger partial charge in [-0.05, 0) is 19.1 Å². The fraction of sp³-hybridized carbons (Fsp3) is 0.182. The second kappa shape index (κ2) is 4.14. The maximum absolute atomic E-state index is 4.39. The first kappa shape index (κ1) is 10.2. The van der Waals surface area contributed by atoms with Gasteiger partial charge in [0, 0.05) is 11.1 Å². The van der Waals surface area contributed by atoms with Crippen LogP contribution in [0.5, 0.6) is 0 Å². The van der Waals surface area contributed by atoms with Gasteiger partial charge in [0.1, 0.15) is 0 Å². The summed E-state index contributed by atoms with van der Waals surface area (Å²) in [4.78, 5) is 8.59. The molecule has 6 heteroatoms. The highest BCUT2D eigenvalue weighted by Gasteiger charge is 2.04. The molecule has 0 aromatic carbocycles. The van der Waals surface area contributed by atoms with Crippen LogP contribution in [-0.2, 0) is 6.54 Å². The highest BCUT2D eigenvalue weighted by molar-refractivity contribution is 7.07. The standard InChI is InChI=1S/C11H11N5S/c1-8-3-2-4-10-14-11(15-16(8)10)12-5-9-6-17-7-13-9/h2-4,6-7H,5H2,1H3,(H,12,15). The van der Waals surface area contributed by atoms with Crippen molar-refractivity contribution < 1.29 is 0 Å². The lowest BCUT2D eigenvalue weighted by Crippen LogP contribution is -2.01. The Morgan fingerprint density at radius 1 is 1.41 bits per heavy atom. The second-order valence-corrected chi connectivity index (χ2v) is 4.42. The summed E-state index contributed by atoms with van der Waals surface area (Å²) in [6.07, 6.45) is 0. The van der Waals surface area contributed by atoms with E-state index in [1.807, 2.05) is 40.5 Å². The number of nitrogens with one attached hydrogen (secondary N) is 1. The van der Waals surface area contributed by atoms with Gasteiger partial charge in [0.05, 0.1) is 17.7 Å². The van der Waals surface area contributed by atoms with Crippen molar-refractivity contribution >= 4 is 22.9 Å². The zero-order valence-electron chi connectivity index (χ0n) is 9.29. The topological polar surface area (TPSA) is 55.1 Å². The second-order valence-electron chi connectivity index (χ2n) is 3.71. The number of thiazole rings is 1. The van der Waals surface area contributed by atoms with Gasteiger partial charge in [0.2, 0.25) is 5.95 Å². The van der Waals surface area contributed by atoms with E-state index in [0.717, 1.165) is 17.0 Å². The van der Waals surface area contributed by atoms with Crippen LogP contribution in [0, 0.1) is 6.92 Å². The summed E-state index contributed by atoms with van der Waals surface area (Å²) in [7, 11) is 0. The molecule has 17 heavy (non-hydrogen) atoms. The molecule has 0 saturated carbocycles. The number of aromatic nitrogens is 4. The van der Waals surface area contributed by atoms with Gasteiger partial charge in [0.15, 0.2) is 5.65 Å². The average Bonchev–Trinajstić information content (AvgIpc) is 2.95. The van der Waals surface area contributed by atoms with E-state index in [9.17, 15) is 0 Å². The minimum absolute atomic E-state index is 0.632. The monoisotopic (exact) mass is 245 g/mol. The fourth-order valence-corrected chi connectivity index (χ4v) is 2.16. The summed E-state index contributed by atoms with van der Waals surface area (Å²) in [5.41, 5.74) is 4.74. The average molecular weight is 245 g/mol. The zero-order chi connectivity index (χ0) is 11.7. The van der Waals surface area contributed by atoms with Crippen LogP contribution >= 0.6 is 11.3 Å². The third-order valence-electron chi connectivity index (χ3n) is 2.46. The van der Waals surface area contributed by atoms with E-state index in [2.05, 4.69) is 20.4 Å². The summed E-state index contributed by atoms with van der Waals surface area (Å²) in [5, 5.41) is 9.55. The Bertz CT molecular complexity index is 628. The Balaban J connectivity index is 1.84. The van der Waals surface area contributed by atoms with E-state index in [-0.39, 0.29) is 0 Å². The van der Waals surface area contributed by atoms with E-state index in [4.69, 9.17) is 0 Å². The summed E-state index contributed by atoms with van der Waals surface area (Å²) < 4.78 is 1.82. The van der Waals surface area contributed by atoms with Crippen molar-refractivity contribution in [3.63, 3.8) is 0 Å². The van der Waals surface area contributed by atoms with Crippen LogP contribution in [0.1, 0.15) is 11.4 Å². The van der Waals surface area contributed by atoms with E-state index in [1.165, 1.54) is 0 Å². The Kier molecular flexibility index (Phi) is 2.49. The summed E-state index contributed by atoms with van der Waals surface area (Å²) in [6, 6.07) is 5.92. The maximum atomic E-state index is 4.39. The molecular weight excluding hydrogens is 234 g/mol. The first-order valence-electron chi connectivity index (χ1n) is 5.26. The normalized spacial score (nSPS) is 10.9. The number of aryl methyl sites for hydroxylation is 1. The first-order valence-corrected chi connectivity index (χ1v) is 6.20. The third kappa shape index (κ3) is 1.99. The zero-order valence-corrected chi connectivity index (χ0v) is 10.1. The molecule has 86 valence electrons. The smallest absolute Gasteiger partial charge is 0.243 e. The van der Waals surface area contributed by atoms with Gasteiger partial charge in [0.25, 0.3) is 0 Å². The number of rotatable bonds is 3. The maximum Gasteiger partial charge on any atom is 0.243 e. The van der Waals surface area contributed by atoms with Crippen molar-refractivity contribution in [3.05, 3.63) is 40.5 Å². The van der Waals surface area contributed by atoms with E-state index in [1.54, 1.807) is 11.3 Å². The van der Waals surface area contributed by atoms with E-state index in [0.29, 0.717) is 12.5 Å². The minimum atomic E-state index is 0.632. The SMILES string of the molecule is Cc1cccc2nc(NCc3cscn3)nn12. The Hall–Kier alpha value is -1.95. The molecule has 0 unspecified atom stereocenters. The predicted octanol–water partition coefficient (Wildman–Crippen LogP) is 2.11. The van der Waals surface area contributed by atoms with Crippen molar-refractivity contribution in [1.82, 2.24) is 19.6 Å². The van der Waals surface area contributed by atoms with Crippen molar-refractivity contribution in [3.8, 4) is 0 Å². The number of nitrogens with zero attached hydrogens (tertiary/aromatic N) is 4. The molecule has 0 aliphatic heterocycles. The molecular formula is C11H11N5S. The van der Waals surface area contributed by atoms with Crippen LogP contribution in [0.3, 0.4) is 0 Å². The van der Waals surface area contributed by atoms with E-state index < -0.39 is 0 Å². The molecule has 0 aliphatic rings. The van der Waals surface area contributed by atoms with Gasteiger partial charge < -0.3 is 5.32 Å². The quantitative estimate of drug-likeness (QED) is 0.767. The molecule has 0 spiro atoms. The fourth-order valence-electron chi connectivity index (χ4n) is 1.60. The number of hydrogen-bond acceptors (Lipinski definition) is 5. The van der Waals surface area contributed by atoms with Gasteiger partial charge >= 0.3 is 0 Å². The van der Waals surface area contributed by atoms with Crippen LogP contribution < -0.4 is 5.32 Å². The molecule has 3 heterocycles. The highest BCUT2D eigenvalue weighted by Crippen LogP contribution is 2.09. The van der Waals surface area contributed by atoms with Crippen LogP contribution in [-0.4, -0.2) is 19.6 Å². The van der Waals surface area contributed by atoms with E-state index >= 15 is 0 Å². The van der Waals surface area contributed by atoms with Gasteiger partial charge in [-0.2, -0.15) is 4.98 Å². The first-order chi connectivity index (χ1) is 8.33. The van der Waals surface area contributed by atoms with Crippen LogP contribution in [0.2, 0.25) is 0 Å². The molecule has 3 aromatic rings. The largest absolute Gasteiger partial charge is 0.347 e. The lowest BCUT2D eigenvalue weighted by molar-refractivity contribution is 0.907. The molecule has 0 radical (unpaired) electrons. The molecule has 0 fully saturated rings. The number of pyridine rings is 1. The molecule has 3 aromatic heterocycles. The number of hydrogen-bond donors (Lipinski definition) is 1. The lowest BCUT2D eigenvalue weighted by Gasteiger charge is -1.96. The van der Waals surface area contributed by atoms with Crippen molar-refractivity contribution in [2.24, 2.45) is 0 Å². The van der Waals surface area contributed by atoms with Gasteiger partial charge in [-0.1, -0.05) is 6.07 Å². The molecule has 0 atom stereocenters. The van der Waals surface area contributed by atoms with Gasteiger partial charge in [-0.25, -0.2) is 9.50 Å². The minimum Gasteiger partial charge on any atom is -0.347 e. The third-order valence-corrected chi connectivity index (χ3v) is 3.10. The highest BCUT2D eigenvalue weighted by atomic mass is 32.1. The molecule has 0 saturated heterocycles. The van der Waals surface area contributed by atoms with Crippen LogP contribution in [0.4, 0.5) is 5.95 Å². The summed E-state index contributed by atoms with van der Waals surface area (Å²) in [6.45, 7) is 2.66. The lowest BCUT2D eigenvalue weighted by atomic mass is 10.4.